The maximum absolute atomic E-state index is 10.5. The third-order valence-corrected chi connectivity index (χ3v) is 4.09. The van der Waals surface area contributed by atoms with Gasteiger partial charge in [-0.2, -0.15) is 0 Å². The molecule has 1 aromatic rings. The SMILES string of the molecule is CC1CCCCC1n1nnnc1SCC(=O)O. The van der Waals surface area contributed by atoms with Crippen molar-refractivity contribution >= 4 is 17.7 Å². The van der Waals surface area contributed by atoms with Gasteiger partial charge in [-0.3, -0.25) is 4.79 Å². The molecule has 1 aliphatic carbocycles. The Morgan fingerprint density at radius 2 is 2.29 bits per heavy atom. The smallest absolute Gasteiger partial charge is 0.313 e. The minimum Gasteiger partial charge on any atom is -0.481 e. The summed E-state index contributed by atoms with van der Waals surface area (Å²) in [6.45, 7) is 2.21. The fourth-order valence-electron chi connectivity index (χ4n) is 2.27. The van der Waals surface area contributed by atoms with Gasteiger partial charge in [0.1, 0.15) is 0 Å². The van der Waals surface area contributed by atoms with Crippen LogP contribution in [0.3, 0.4) is 0 Å². The van der Waals surface area contributed by atoms with Crippen molar-refractivity contribution in [2.75, 3.05) is 5.75 Å². The molecular weight excluding hydrogens is 240 g/mol. The molecular formula is C10H16N4O2S. The molecule has 0 saturated heterocycles. The lowest BCUT2D eigenvalue weighted by molar-refractivity contribution is -0.133. The fraction of sp³-hybridized carbons (Fsp3) is 0.800. The molecule has 2 unspecified atom stereocenters. The second kappa shape index (κ2) is 5.48. The molecule has 1 saturated carbocycles. The minimum absolute atomic E-state index is 0.00146. The molecule has 7 heteroatoms. The van der Waals surface area contributed by atoms with Crippen molar-refractivity contribution in [1.29, 1.82) is 0 Å². The van der Waals surface area contributed by atoms with E-state index in [-0.39, 0.29) is 5.75 Å². The standard InChI is InChI=1S/C10H16N4O2S/c1-7-4-2-3-5-8(7)14-10(11-12-13-14)17-6-9(15)16/h7-8H,2-6H2,1H3,(H,15,16). The van der Waals surface area contributed by atoms with Gasteiger partial charge >= 0.3 is 5.97 Å². The summed E-state index contributed by atoms with van der Waals surface area (Å²) >= 11 is 1.18. The Balaban J connectivity index is 2.09. The van der Waals surface area contributed by atoms with Gasteiger partial charge < -0.3 is 5.11 Å². The Hall–Kier alpha value is -1.11. The second-order valence-electron chi connectivity index (χ2n) is 4.42. The van der Waals surface area contributed by atoms with Crippen molar-refractivity contribution in [2.24, 2.45) is 5.92 Å². The van der Waals surface area contributed by atoms with E-state index in [0.717, 1.165) is 6.42 Å². The molecule has 2 rings (SSSR count). The van der Waals surface area contributed by atoms with Crippen molar-refractivity contribution in [2.45, 2.75) is 43.8 Å². The highest BCUT2D eigenvalue weighted by atomic mass is 32.2. The first-order chi connectivity index (χ1) is 8.18. The number of carboxylic acids is 1. The highest BCUT2D eigenvalue weighted by Gasteiger charge is 2.26. The first-order valence-electron chi connectivity index (χ1n) is 5.81. The molecule has 6 nitrogen and oxygen atoms in total. The lowest BCUT2D eigenvalue weighted by atomic mass is 9.86. The maximum atomic E-state index is 10.5. The largest absolute Gasteiger partial charge is 0.481 e. The first kappa shape index (κ1) is 12.3. The third kappa shape index (κ3) is 2.96. The number of hydrogen-bond acceptors (Lipinski definition) is 5. The molecule has 17 heavy (non-hydrogen) atoms. The van der Waals surface area contributed by atoms with Crippen LogP contribution in [-0.2, 0) is 4.79 Å². The molecule has 0 aromatic carbocycles. The number of carbonyl (C=O) groups is 1. The summed E-state index contributed by atoms with van der Waals surface area (Å²) in [6.07, 6.45) is 4.72. The summed E-state index contributed by atoms with van der Waals surface area (Å²) in [7, 11) is 0. The highest BCUT2D eigenvalue weighted by molar-refractivity contribution is 7.99. The van der Waals surface area contributed by atoms with Crippen molar-refractivity contribution in [3.8, 4) is 0 Å². The van der Waals surface area contributed by atoms with Gasteiger partial charge in [0, 0.05) is 0 Å². The molecule has 1 aliphatic rings. The fourth-order valence-corrected chi connectivity index (χ4v) is 2.93. The molecule has 0 bridgehead atoms. The molecule has 0 aliphatic heterocycles. The normalized spacial score (nSPS) is 24.8. The molecule has 0 radical (unpaired) electrons. The van der Waals surface area contributed by atoms with Crippen LogP contribution < -0.4 is 0 Å². The van der Waals surface area contributed by atoms with E-state index in [4.69, 9.17) is 5.11 Å². The molecule has 0 amide bonds. The Labute approximate surface area is 104 Å². The summed E-state index contributed by atoms with van der Waals surface area (Å²) in [5.41, 5.74) is 0. The van der Waals surface area contributed by atoms with E-state index < -0.39 is 5.97 Å². The monoisotopic (exact) mass is 256 g/mol. The number of aliphatic carboxylic acids is 1. The maximum Gasteiger partial charge on any atom is 0.313 e. The molecule has 1 fully saturated rings. The number of tetrazole rings is 1. The van der Waals surface area contributed by atoms with E-state index >= 15 is 0 Å². The quantitative estimate of drug-likeness (QED) is 0.824. The predicted molar refractivity (Wildman–Crippen MR) is 62.8 cm³/mol. The summed E-state index contributed by atoms with van der Waals surface area (Å²) < 4.78 is 1.80. The zero-order valence-electron chi connectivity index (χ0n) is 9.74. The van der Waals surface area contributed by atoms with Gasteiger partial charge in [0.15, 0.2) is 0 Å². The van der Waals surface area contributed by atoms with Gasteiger partial charge in [-0.05, 0) is 29.2 Å². The molecule has 2 atom stereocenters. The van der Waals surface area contributed by atoms with Gasteiger partial charge in [-0.25, -0.2) is 4.68 Å². The third-order valence-electron chi connectivity index (χ3n) is 3.17. The van der Waals surface area contributed by atoms with Gasteiger partial charge in [0.05, 0.1) is 11.8 Å². The molecule has 94 valence electrons. The lowest BCUT2D eigenvalue weighted by Gasteiger charge is -2.28. The second-order valence-corrected chi connectivity index (χ2v) is 5.36. The summed E-state index contributed by atoms with van der Waals surface area (Å²) in [5.74, 6) is -0.292. The van der Waals surface area contributed by atoms with E-state index in [0.29, 0.717) is 17.1 Å². The van der Waals surface area contributed by atoms with Crippen LogP contribution in [0.2, 0.25) is 0 Å². The van der Waals surface area contributed by atoms with E-state index in [1.54, 1.807) is 4.68 Å². The number of aromatic nitrogens is 4. The average molecular weight is 256 g/mol. The number of nitrogens with zero attached hydrogens (tertiary/aromatic N) is 4. The summed E-state index contributed by atoms with van der Waals surface area (Å²) in [6, 6.07) is 0.315. The van der Waals surface area contributed by atoms with Crippen molar-refractivity contribution in [3.05, 3.63) is 0 Å². The topological polar surface area (TPSA) is 80.9 Å². The van der Waals surface area contributed by atoms with E-state index in [9.17, 15) is 4.79 Å². The van der Waals surface area contributed by atoms with Crippen LogP contribution in [0.25, 0.3) is 0 Å². The van der Waals surface area contributed by atoms with Crippen LogP contribution >= 0.6 is 11.8 Å². The minimum atomic E-state index is -0.846. The van der Waals surface area contributed by atoms with Gasteiger partial charge in [-0.1, -0.05) is 31.5 Å². The van der Waals surface area contributed by atoms with Crippen LogP contribution in [0.5, 0.6) is 0 Å². The Bertz CT molecular complexity index is 395. The van der Waals surface area contributed by atoms with Crippen molar-refractivity contribution < 1.29 is 9.90 Å². The highest BCUT2D eigenvalue weighted by Crippen LogP contribution is 2.34. The van der Waals surface area contributed by atoms with Crippen molar-refractivity contribution in [1.82, 2.24) is 20.2 Å². The number of thioether (sulfide) groups is 1. The average Bonchev–Trinajstić information content (AvgIpc) is 2.75. The first-order valence-corrected chi connectivity index (χ1v) is 6.79. The lowest BCUT2D eigenvalue weighted by Crippen LogP contribution is -2.23. The van der Waals surface area contributed by atoms with Crippen LogP contribution in [0.15, 0.2) is 5.16 Å². The van der Waals surface area contributed by atoms with Gasteiger partial charge in [-0.15, -0.1) is 5.10 Å². The number of hydrogen-bond donors (Lipinski definition) is 1. The van der Waals surface area contributed by atoms with E-state index in [1.807, 2.05) is 0 Å². The van der Waals surface area contributed by atoms with Crippen LogP contribution in [0, 0.1) is 5.92 Å². The Kier molecular flexibility index (Phi) is 3.98. The zero-order valence-corrected chi connectivity index (χ0v) is 10.6. The molecule has 1 N–H and O–H groups in total. The van der Waals surface area contributed by atoms with Crippen LogP contribution in [0.4, 0.5) is 0 Å². The van der Waals surface area contributed by atoms with E-state index in [2.05, 4.69) is 22.4 Å². The summed E-state index contributed by atoms with van der Waals surface area (Å²) in [4.78, 5) is 10.5. The van der Waals surface area contributed by atoms with Crippen LogP contribution in [-0.4, -0.2) is 37.0 Å². The Morgan fingerprint density at radius 1 is 1.53 bits per heavy atom. The Morgan fingerprint density at radius 3 is 3.00 bits per heavy atom. The number of carboxylic acid groups (broad SMARTS) is 1. The molecule has 1 heterocycles. The molecule has 1 aromatic heterocycles. The van der Waals surface area contributed by atoms with Gasteiger partial charge in [0.2, 0.25) is 5.16 Å². The molecule has 0 spiro atoms. The van der Waals surface area contributed by atoms with Crippen LogP contribution in [0.1, 0.15) is 38.6 Å². The predicted octanol–water partition coefficient (Wildman–Crippen LogP) is 1.60. The number of rotatable bonds is 4. The van der Waals surface area contributed by atoms with Crippen molar-refractivity contribution in [3.63, 3.8) is 0 Å². The zero-order chi connectivity index (χ0) is 12.3. The summed E-state index contributed by atoms with van der Waals surface area (Å²) in [5, 5.41) is 20.9. The van der Waals surface area contributed by atoms with Gasteiger partial charge in [0.25, 0.3) is 0 Å². The van der Waals surface area contributed by atoms with E-state index in [1.165, 1.54) is 31.0 Å².